The van der Waals surface area contributed by atoms with Gasteiger partial charge in [-0.2, -0.15) is 17.5 Å². The van der Waals surface area contributed by atoms with Gasteiger partial charge in [-0.15, -0.1) is 0 Å². The Morgan fingerprint density at radius 1 is 1.10 bits per heavy atom. The first kappa shape index (κ1) is 22.1. The maximum absolute atomic E-state index is 13.1. The number of sulfonamides is 1. The summed E-state index contributed by atoms with van der Waals surface area (Å²) in [6, 6.07) is 8.97. The summed E-state index contributed by atoms with van der Waals surface area (Å²) in [7, 11) is -3.34. The van der Waals surface area contributed by atoms with Gasteiger partial charge < -0.3 is 10.6 Å². The molecule has 0 atom stereocenters. The van der Waals surface area contributed by atoms with Crippen molar-refractivity contribution in [1.82, 2.24) is 4.31 Å². The molecule has 0 aliphatic carbocycles. The Balaban J connectivity index is 1.73. The van der Waals surface area contributed by atoms with E-state index in [2.05, 4.69) is 10.6 Å². The van der Waals surface area contributed by atoms with Crippen LogP contribution < -0.4 is 10.6 Å². The molecule has 1 aliphatic heterocycles. The van der Waals surface area contributed by atoms with E-state index in [0.717, 1.165) is 17.2 Å². The van der Waals surface area contributed by atoms with Crippen LogP contribution in [0.15, 0.2) is 42.5 Å². The van der Waals surface area contributed by atoms with E-state index in [4.69, 9.17) is 0 Å². The highest BCUT2D eigenvalue weighted by Gasteiger charge is 2.33. The van der Waals surface area contributed by atoms with E-state index in [-0.39, 0.29) is 18.0 Å². The van der Waals surface area contributed by atoms with E-state index in [1.165, 1.54) is 22.5 Å². The Bertz CT molecular complexity index is 1040. The molecular weight excluding hydrogens is 419 g/mol. The summed E-state index contributed by atoms with van der Waals surface area (Å²) < 4.78 is 65.3. The predicted molar refractivity (Wildman–Crippen MR) is 109 cm³/mol. The number of rotatable bonds is 5. The Morgan fingerprint density at radius 3 is 2.53 bits per heavy atom. The third-order valence-corrected chi connectivity index (χ3v) is 6.80. The van der Waals surface area contributed by atoms with Crippen molar-refractivity contribution >= 4 is 27.4 Å². The zero-order valence-electron chi connectivity index (χ0n) is 16.3. The average Bonchev–Trinajstić information content (AvgIpc) is 2.67. The van der Waals surface area contributed by atoms with Gasteiger partial charge in [0.2, 0.25) is 10.0 Å². The van der Waals surface area contributed by atoms with Gasteiger partial charge in [-0.25, -0.2) is 13.2 Å². The highest BCUT2D eigenvalue weighted by atomic mass is 32.2. The number of anilines is 2. The zero-order chi connectivity index (χ0) is 21.9. The molecule has 0 saturated carbocycles. The van der Waals surface area contributed by atoms with Crippen molar-refractivity contribution in [2.45, 2.75) is 32.5 Å². The van der Waals surface area contributed by atoms with Crippen molar-refractivity contribution in [2.75, 3.05) is 22.9 Å². The van der Waals surface area contributed by atoms with Gasteiger partial charge in [0.25, 0.3) is 0 Å². The molecule has 2 aromatic carbocycles. The van der Waals surface area contributed by atoms with Crippen LogP contribution in [0.3, 0.4) is 0 Å². The summed E-state index contributed by atoms with van der Waals surface area (Å²) in [6.07, 6.45) is -3.51. The van der Waals surface area contributed by atoms with Crippen molar-refractivity contribution in [1.29, 1.82) is 0 Å². The number of benzene rings is 2. The first-order valence-electron chi connectivity index (χ1n) is 9.44. The lowest BCUT2D eigenvalue weighted by Gasteiger charge is -2.28. The SMILES string of the molecule is CCCS(=O)(=O)N1CCc2ccc(NC(=O)Nc3ccccc3C(F)(F)F)cc2C1. The number of hydrogen-bond donors (Lipinski definition) is 2. The third kappa shape index (κ3) is 5.11. The monoisotopic (exact) mass is 441 g/mol. The van der Waals surface area contributed by atoms with Crippen molar-refractivity contribution in [3.8, 4) is 0 Å². The fourth-order valence-electron chi connectivity index (χ4n) is 3.36. The molecule has 30 heavy (non-hydrogen) atoms. The minimum absolute atomic E-state index is 0.0707. The molecule has 162 valence electrons. The Kier molecular flexibility index (Phi) is 6.37. The number of urea groups is 1. The van der Waals surface area contributed by atoms with Crippen molar-refractivity contribution in [3.63, 3.8) is 0 Å². The zero-order valence-corrected chi connectivity index (χ0v) is 17.1. The Labute approximate surface area is 173 Å². The lowest BCUT2D eigenvalue weighted by atomic mass is 10.0. The first-order chi connectivity index (χ1) is 14.1. The van der Waals surface area contributed by atoms with Crippen LogP contribution in [-0.2, 0) is 29.2 Å². The summed E-state index contributed by atoms with van der Waals surface area (Å²) in [5.74, 6) is 0.0707. The number of para-hydroxylation sites is 1. The second-order valence-corrected chi connectivity index (χ2v) is 9.09. The van der Waals surface area contributed by atoms with Gasteiger partial charge in [-0.05, 0) is 48.2 Å². The molecule has 2 amide bonds. The van der Waals surface area contributed by atoms with E-state index in [1.807, 2.05) is 0 Å². The van der Waals surface area contributed by atoms with Crippen LogP contribution in [-0.4, -0.2) is 31.1 Å². The second-order valence-electron chi connectivity index (χ2n) is 7.01. The molecule has 0 fully saturated rings. The van der Waals surface area contributed by atoms with E-state index >= 15 is 0 Å². The van der Waals surface area contributed by atoms with Gasteiger partial charge in [0.15, 0.2) is 0 Å². The molecule has 2 N–H and O–H groups in total. The lowest BCUT2D eigenvalue weighted by Crippen LogP contribution is -2.37. The number of carbonyl (C=O) groups is 1. The van der Waals surface area contributed by atoms with Gasteiger partial charge in [-0.1, -0.05) is 25.1 Å². The normalized spacial score (nSPS) is 14.8. The summed E-state index contributed by atoms with van der Waals surface area (Å²) in [5.41, 5.74) is 0.811. The van der Waals surface area contributed by atoms with Gasteiger partial charge in [0.1, 0.15) is 0 Å². The van der Waals surface area contributed by atoms with Crippen LogP contribution in [0, 0.1) is 0 Å². The average molecular weight is 441 g/mol. The van der Waals surface area contributed by atoms with Crippen LogP contribution in [0.4, 0.5) is 29.3 Å². The second kappa shape index (κ2) is 8.65. The summed E-state index contributed by atoms with van der Waals surface area (Å²) in [5, 5.41) is 4.73. The van der Waals surface area contributed by atoms with Crippen LogP contribution in [0.1, 0.15) is 30.0 Å². The summed E-state index contributed by atoms with van der Waals surface area (Å²) in [4.78, 5) is 12.2. The molecule has 6 nitrogen and oxygen atoms in total. The Morgan fingerprint density at radius 2 is 1.83 bits per heavy atom. The number of carbonyl (C=O) groups excluding carboxylic acids is 1. The molecule has 10 heteroatoms. The van der Waals surface area contributed by atoms with Crippen LogP contribution in [0.2, 0.25) is 0 Å². The summed E-state index contributed by atoms with van der Waals surface area (Å²) >= 11 is 0. The van der Waals surface area contributed by atoms with Gasteiger partial charge in [0.05, 0.1) is 17.0 Å². The number of nitrogens with zero attached hydrogens (tertiary/aromatic N) is 1. The molecule has 0 radical (unpaired) electrons. The molecule has 1 aliphatic rings. The number of nitrogens with one attached hydrogen (secondary N) is 2. The minimum Gasteiger partial charge on any atom is -0.308 e. The highest BCUT2D eigenvalue weighted by Crippen LogP contribution is 2.34. The molecular formula is C20H22F3N3O3S. The molecule has 0 unspecified atom stereocenters. The smallest absolute Gasteiger partial charge is 0.308 e. The fraction of sp³-hybridized carbons (Fsp3) is 0.350. The number of fused-ring (bicyclic) bond motifs is 1. The van der Waals surface area contributed by atoms with E-state index in [0.29, 0.717) is 25.1 Å². The molecule has 0 bridgehead atoms. The Hall–Kier alpha value is -2.59. The van der Waals surface area contributed by atoms with Crippen molar-refractivity contribution < 1.29 is 26.4 Å². The summed E-state index contributed by atoms with van der Waals surface area (Å²) in [6.45, 7) is 2.40. The molecule has 0 spiro atoms. The maximum atomic E-state index is 13.1. The molecule has 1 heterocycles. The standard InChI is InChI=1S/C20H22F3N3O3S/c1-2-11-30(28,29)26-10-9-14-7-8-16(12-15(14)13-26)24-19(27)25-18-6-4-3-5-17(18)20(21,22)23/h3-8,12H,2,9-11,13H2,1H3,(H2,24,25,27). The molecule has 0 aromatic heterocycles. The topological polar surface area (TPSA) is 78.5 Å². The van der Waals surface area contributed by atoms with Gasteiger partial charge >= 0.3 is 12.2 Å². The molecule has 3 rings (SSSR count). The fourth-order valence-corrected chi connectivity index (χ4v) is 4.84. The highest BCUT2D eigenvalue weighted by molar-refractivity contribution is 7.89. The van der Waals surface area contributed by atoms with Crippen LogP contribution >= 0.6 is 0 Å². The van der Waals surface area contributed by atoms with Crippen molar-refractivity contribution in [2.24, 2.45) is 0 Å². The number of amides is 2. The van der Waals surface area contributed by atoms with E-state index in [9.17, 15) is 26.4 Å². The number of alkyl halides is 3. The van der Waals surface area contributed by atoms with Gasteiger partial charge in [0, 0.05) is 18.8 Å². The van der Waals surface area contributed by atoms with E-state index in [1.54, 1.807) is 25.1 Å². The van der Waals surface area contributed by atoms with Crippen LogP contribution in [0.25, 0.3) is 0 Å². The number of halogens is 3. The van der Waals surface area contributed by atoms with Crippen molar-refractivity contribution in [3.05, 3.63) is 59.2 Å². The first-order valence-corrected chi connectivity index (χ1v) is 11.0. The largest absolute Gasteiger partial charge is 0.418 e. The number of hydrogen-bond acceptors (Lipinski definition) is 3. The molecule has 0 saturated heterocycles. The quantitative estimate of drug-likeness (QED) is 0.720. The predicted octanol–water partition coefficient (Wildman–Crippen LogP) is 4.45. The van der Waals surface area contributed by atoms with Gasteiger partial charge in [-0.3, -0.25) is 0 Å². The maximum Gasteiger partial charge on any atom is 0.418 e. The van der Waals surface area contributed by atoms with E-state index < -0.39 is 27.8 Å². The molecule has 2 aromatic rings. The third-order valence-electron chi connectivity index (χ3n) is 4.78. The van der Waals surface area contributed by atoms with Crippen LogP contribution in [0.5, 0.6) is 0 Å². The lowest BCUT2D eigenvalue weighted by molar-refractivity contribution is -0.136. The minimum atomic E-state index is -4.59.